The Balaban J connectivity index is 2.21. The summed E-state index contributed by atoms with van der Waals surface area (Å²) in [5, 5.41) is 0.0802. The number of hydrogen-bond donors (Lipinski definition) is 1. The van der Waals surface area contributed by atoms with Gasteiger partial charge >= 0.3 is 0 Å². The minimum absolute atomic E-state index is 0.0185. The van der Waals surface area contributed by atoms with Crippen LogP contribution in [0.3, 0.4) is 0 Å². The van der Waals surface area contributed by atoms with Crippen molar-refractivity contribution in [3.8, 4) is 0 Å². The molecular weight excluding hydrogens is 259 g/mol. The van der Waals surface area contributed by atoms with Crippen LogP contribution in [0.25, 0.3) is 0 Å². The third-order valence-electron chi connectivity index (χ3n) is 2.92. The summed E-state index contributed by atoms with van der Waals surface area (Å²) in [5.41, 5.74) is 7.16. The van der Waals surface area contributed by atoms with Crippen molar-refractivity contribution in [1.29, 1.82) is 0 Å². The molecule has 0 saturated carbocycles. The summed E-state index contributed by atoms with van der Waals surface area (Å²) in [7, 11) is 0. The van der Waals surface area contributed by atoms with E-state index in [1.165, 1.54) is 12.1 Å². The van der Waals surface area contributed by atoms with Crippen molar-refractivity contribution < 1.29 is 4.39 Å². The predicted octanol–water partition coefficient (Wildman–Crippen LogP) is 3.79. The largest absolute Gasteiger partial charge is 0.326 e. The van der Waals surface area contributed by atoms with Crippen LogP contribution >= 0.6 is 11.8 Å². The van der Waals surface area contributed by atoms with Crippen LogP contribution in [-0.2, 0) is 0 Å². The number of aromatic nitrogens is 1. The average Bonchev–Trinajstić information content (AvgIpc) is 2.47. The van der Waals surface area contributed by atoms with Crippen molar-refractivity contribution in [1.82, 2.24) is 4.98 Å². The lowest BCUT2D eigenvalue weighted by molar-refractivity contribution is 0.622. The smallest absolute Gasteiger partial charge is 0.123 e. The fourth-order valence-corrected chi connectivity index (χ4v) is 3.00. The summed E-state index contributed by atoms with van der Waals surface area (Å²) >= 11 is 1.63. The molecule has 0 fully saturated rings. The minimum atomic E-state index is -0.224. The molecule has 0 aliphatic rings. The van der Waals surface area contributed by atoms with Gasteiger partial charge in [0, 0.05) is 17.1 Å². The van der Waals surface area contributed by atoms with E-state index in [1.807, 2.05) is 18.2 Å². The monoisotopic (exact) mass is 276 g/mol. The molecule has 0 aliphatic heterocycles. The van der Waals surface area contributed by atoms with Gasteiger partial charge in [0.05, 0.1) is 10.9 Å². The third kappa shape index (κ3) is 3.78. The number of nitrogens with two attached hydrogens (primary N) is 1. The highest BCUT2D eigenvalue weighted by atomic mass is 32.2. The maximum absolute atomic E-state index is 12.9. The van der Waals surface area contributed by atoms with Crippen LogP contribution in [-0.4, -0.2) is 11.0 Å². The summed E-state index contributed by atoms with van der Waals surface area (Å²) < 4.78 is 12.9. The van der Waals surface area contributed by atoms with Crippen LogP contribution in [0.5, 0.6) is 0 Å². The molecule has 100 valence electrons. The summed E-state index contributed by atoms with van der Waals surface area (Å²) in [6.45, 7) is 2.06. The molecule has 0 bridgehead atoms. The molecule has 1 aromatic heterocycles. The molecule has 0 saturated heterocycles. The Kier molecular flexibility index (Phi) is 4.93. The van der Waals surface area contributed by atoms with Crippen molar-refractivity contribution in [2.45, 2.75) is 29.5 Å². The van der Waals surface area contributed by atoms with Crippen LogP contribution < -0.4 is 5.73 Å². The first-order valence-corrected chi connectivity index (χ1v) is 7.17. The Hall–Kier alpha value is -1.39. The van der Waals surface area contributed by atoms with Crippen LogP contribution in [0, 0.1) is 5.82 Å². The van der Waals surface area contributed by atoms with Gasteiger partial charge in [-0.1, -0.05) is 13.0 Å². The number of thioether (sulfide) groups is 1. The molecule has 2 rings (SSSR count). The number of nitrogens with zero attached hydrogens (tertiary/aromatic N) is 1. The molecule has 0 radical (unpaired) electrons. The molecule has 2 unspecified atom stereocenters. The van der Waals surface area contributed by atoms with Crippen molar-refractivity contribution >= 4 is 11.8 Å². The molecule has 0 amide bonds. The SMILES string of the molecule is CCC(N)C(Sc1ccc(F)cc1)c1ccccn1. The number of pyridine rings is 1. The van der Waals surface area contributed by atoms with Gasteiger partial charge in [0.1, 0.15) is 5.82 Å². The summed E-state index contributed by atoms with van der Waals surface area (Å²) in [5.74, 6) is -0.224. The summed E-state index contributed by atoms with van der Waals surface area (Å²) in [6, 6.07) is 12.3. The van der Waals surface area contributed by atoms with E-state index >= 15 is 0 Å². The first-order valence-electron chi connectivity index (χ1n) is 6.29. The van der Waals surface area contributed by atoms with E-state index in [0.717, 1.165) is 17.0 Å². The van der Waals surface area contributed by atoms with Crippen LogP contribution in [0.15, 0.2) is 53.6 Å². The van der Waals surface area contributed by atoms with Crippen LogP contribution in [0.2, 0.25) is 0 Å². The van der Waals surface area contributed by atoms with Crippen LogP contribution in [0.4, 0.5) is 4.39 Å². The van der Waals surface area contributed by atoms with Gasteiger partial charge in [-0.05, 0) is 42.8 Å². The van der Waals surface area contributed by atoms with E-state index in [4.69, 9.17) is 5.73 Å². The second-order valence-corrected chi connectivity index (χ2v) is 5.53. The van der Waals surface area contributed by atoms with Crippen molar-refractivity contribution in [3.63, 3.8) is 0 Å². The molecule has 2 atom stereocenters. The van der Waals surface area contributed by atoms with Crippen molar-refractivity contribution in [2.75, 3.05) is 0 Å². The predicted molar refractivity (Wildman–Crippen MR) is 77.5 cm³/mol. The molecule has 2 N–H and O–H groups in total. The Morgan fingerprint density at radius 3 is 2.53 bits per heavy atom. The van der Waals surface area contributed by atoms with E-state index in [9.17, 15) is 4.39 Å². The zero-order chi connectivity index (χ0) is 13.7. The Morgan fingerprint density at radius 1 is 1.21 bits per heavy atom. The van der Waals surface area contributed by atoms with E-state index in [0.29, 0.717) is 0 Å². The van der Waals surface area contributed by atoms with Gasteiger partial charge in [0.2, 0.25) is 0 Å². The minimum Gasteiger partial charge on any atom is -0.326 e. The highest BCUT2D eigenvalue weighted by molar-refractivity contribution is 7.99. The maximum atomic E-state index is 12.9. The van der Waals surface area contributed by atoms with Gasteiger partial charge in [0.25, 0.3) is 0 Å². The summed E-state index contributed by atoms with van der Waals surface area (Å²) in [4.78, 5) is 5.39. The lowest BCUT2D eigenvalue weighted by Crippen LogP contribution is -2.26. The first-order chi connectivity index (χ1) is 9.20. The van der Waals surface area contributed by atoms with Crippen molar-refractivity contribution in [3.05, 3.63) is 60.2 Å². The van der Waals surface area contributed by atoms with Gasteiger partial charge in [-0.25, -0.2) is 4.39 Å². The van der Waals surface area contributed by atoms with Crippen LogP contribution in [0.1, 0.15) is 24.3 Å². The van der Waals surface area contributed by atoms with Gasteiger partial charge in [0.15, 0.2) is 0 Å². The second kappa shape index (κ2) is 6.68. The standard InChI is InChI=1S/C15H17FN2S/c1-2-13(17)15(14-5-3-4-10-18-14)19-12-8-6-11(16)7-9-12/h3-10,13,15H,2,17H2,1H3. The zero-order valence-electron chi connectivity index (χ0n) is 10.8. The topological polar surface area (TPSA) is 38.9 Å². The van der Waals surface area contributed by atoms with E-state index in [-0.39, 0.29) is 17.1 Å². The van der Waals surface area contributed by atoms with Gasteiger partial charge in [-0.3, -0.25) is 4.98 Å². The lowest BCUT2D eigenvalue weighted by Gasteiger charge is -2.22. The quantitative estimate of drug-likeness (QED) is 0.844. The molecular formula is C15H17FN2S. The molecule has 1 aromatic carbocycles. The van der Waals surface area contributed by atoms with E-state index in [2.05, 4.69) is 11.9 Å². The first kappa shape index (κ1) is 14.0. The maximum Gasteiger partial charge on any atom is 0.123 e. The van der Waals surface area contributed by atoms with E-state index in [1.54, 1.807) is 30.1 Å². The fraction of sp³-hybridized carbons (Fsp3) is 0.267. The Morgan fingerprint density at radius 2 is 1.95 bits per heavy atom. The summed E-state index contributed by atoms with van der Waals surface area (Å²) in [6.07, 6.45) is 2.64. The highest BCUT2D eigenvalue weighted by Gasteiger charge is 2.20. The molecule has 19 heavy (non-hydrogen) atoms. The number of rotatable bonds is 5. The van der Waals surface area contributed by atoms with Gasteiger partial charge < -0.3 is 5.73 Å². The lowest BCUT2D eigenvalue weighted by atomic mass is 10.1. The fourth-order valence-electron chi connectivity index (χ4n) is 1.79. The van der Waals surface area contributed by atoms with Crippen molar-refractivity contribution in [2.24, 2.45) is 5.73 Å². The third-order valence-corrected chi connectivity index (χ3v) is 4.31. The normalized spacial score (nSPS) is 14.1. The molecule has 1 heterocycles. The zero-order valence-corrected chi connectivity index (χ0v) is 11.6. The number of halogens is 1. The average molecular weight is 276 g/mol. The Bertz CT molecular complexity index is 501. The molecule has 0 aliphatic carbocycles. The molecule has 4 heteroatoms. The Labute approximate surface area is 117 Å². The van der Waals surface area contributed by atoms with E-state index < -0.39 is 0 Å². The van der Waals surface area contributed by atoms with Gasteiger partial charge in [-0.2, -0.15) is 0 Å². The molecule has 2 nitrogen and oxygen atoms in total. The molecule has 0 spiro atoms. The molecule has 2 aromatic rings. The number of hydrogen-bond acceptors (Lipinski definition) is 3. The highest BCUT2D eigenvalue weighted by Crippen LogP contribution is 2.37. The number of benzene rings is 1. The second-order valence-electron chi connectivity index (χ2n) is 4.32. The van der Waals surface area contributed by atoms with Gasteiger partial charge in [-0.15, -0.1) is 11.8 Å².